The predicted molar refractivity (Wildman–Crippen MR) is 130 cm³/mol. The molecular formula is C26H31ClN4O. The zero-order valence-electron chi connectivity index (χ0n) is 18.7. The molecule has 4 rings (SSSR count). The number of rotatable bonds is 7. The van der Waals surface area contributed by atoms with E-state index in [4.69, 9.17) is 16.9 Å². The van der Waals surface area contributed by atoms with Crippen LogP contribution in [0.5, 0.6) is 0 Å². The SMILES string of the molecule is CC1C[C@@H](C(=O)NCC#N)N(c2cc(-c3ccc(CCN4CCCC4)cc3)ccc2Cl)C1. The highest BCUT2D eigenvalue weighted by atomic mass is 35.5. The molecule has 5 nitrogen and oxygen atoms in total. The van der Waals surface area contributed by atoms with E-state index in [-0.39, 0.29) is 18.5 Å². The van der Waals surface area contributed by atoms with Crippen molar-refractivity contribution in [2.24, 2.45) is 5.92 Å². The van der Waals surface area contributed by atoms with Gasteiger partial charge in [-0.1, -0.05) is 48.9 Å². The number of nitrogens with zero attached hydrogens (tertiary/aromatic N) is 3. The van der Waals surface area contributed by atoms with Gasteiger partial charge in [0.05, 0.1) is 16.8 Å². The van der Waals surface area contributed by atoms with E-state index in [1.807, 2.05) is 18.2 Å². The van der Waals surface area contributed by atoms with Crippen molar-refractivity contribution in [1.29, 1.82) is 5.26 Å². The molecule has 6 heteroatoms. The summed E-state index contributed by atoms with van der Waals surface area (Å²) in [5, 5.41) is 12.2. The highest BCUT2D eigenvalue weighted by Crippen LogP contribution is 2.37. The van der Waals surface area contributed by atoms with Crippen LogP contribution in [0, 0.1) is 17.2 Å². The van der Waals surface area contributed by atoms with Gasteiger partial charge in [0.25, 0.3) is 0 Å². The Morgan fingerprint density at radius 2 is 1.88 bits per heavy atom. The molecule has 2 aromatic carbocycles. The molecular weight excluding hydrogens is 420 g/mol. The first-order valence-corrected chi connectivity index (χ1v) is 12.0. The topological polar surface area (TPSA) is 59.4 Å². The maximum Gasteiger partial charge on any atom is 0.243 e. The minimum atomic E-state index is -0.306. The van der Waals surface area contributed by atoms with Gasteiger partial charge < -0.3 is 15.1 Å². The Balaban J connectivity index is 1.50. The maximum atomic E-state index is 12.6. The van der Waals surface area contributed by atoms with Crippen LogP contribution in [0.25, 0.3) is 11.1 Å². The first kappa shape index (κ1) is 22.6. The van der Waals surface area contributed by atoms with Crippen LogP contribution < -0.4 is 10.2 Å². The molecule has 2 saturated heterocycles. The van der Waals surface area contributed by atoms with Crippen molar-refractivity contribution in [3.8, 4) is 17.2 Å². The van der Waals surface area contributed by atoms with E-state index in [0.717, 1.165) is 42.7 Å². The third-order valence-electron chi connectivity index (χ3n) is 6.61. The minimum absolute atomic E-state index is 0.0232. The molecule has 0 aromatic heterocycles. The van der Waals surface area contributed by atoms with E-state index in [0.29, 0.717) is 10.9 Å². The smallest absolute Gasteiger partial charge is 0.243 e. The number of benzene rings is 2. The van der Waals surface area contributed by atoms with Crippen LogP contribution in [-0.4, -0.2) is 49.6 Å². The summed E-state index contributed by atoms with van der Waals surface area (Å²) in [5.41, 5.74) is 4.47. The van der Waals surface area contributed by atoms with Crippen molar-refractivity contribution < 1.29 is 4.79 Å². The van der Waals surface area contributed by atoms with Crippen molar-refractivity contribution in [1.82, 2.24) is 10.2 Å². The summed E-state index contributed by atoms with van der Waals surface area (Å²) in [6.07, 6.45) is 4.49. The molecule has 0 radical (unpaired) electrons. The average Bonchev–Trinajstić information content (AvgIpc) is 3.46. The average molecular weight is 451 g/mol. The normalized spacial score (nSPS) is 21.0. The zero-order chi connectivity index (χ0) is 22.5. The van der Waals surface area contributed by atoms with Gasteiger partial charge in [-0.05, 0) is 73.5 Å². The fourth-order valence-corrected chi connectivity index (χ4v) is 5.10. The second kappa shape index (κ2) is 10.4. The Hall–Kier alpha value is -2.55. The van der Waals surface area contributed by atoms with Crippen molar-refractivity contribution in [3.05, 3.63) is 53.1 Å². The quantitative estimate of drug-likeness (QED) is 0.631. The van der Waals surface area contributed by atoms with Gasteiger partial charge in [0.15, 0.2) is 0 Å². The van der Waals surface area contributed by atoms with Gasteiger partial charge >= 0.3 is 0 Å². The van der Waals surface area contributed by atoms with Crippen molar-refractivity contribution >= 4 is 23.2 Å². The van der Waals surface area contributed by atoms with Crippen LogP contribution >= 0.6 is 11.6 Å². The first-order valence-electron chi connectivity index (χ1n) is 11.6. The van der Waals surface area contributed by atoms with Crippen LogP contribution in [0.3, 0.4) is 0 Å². The Morgan fingerprint density at radius 3 is 2.59 bits per heavy atom. The van der Waals surface area contributed by atoms with Crippen molar-refractivity contribution in [2.45, 2.75) is 38.6 Å². The van der Waals surface area contributed by atoms with Gasteiger partial charge in [-0.25, -0.2) is 0 Å². The zero-order valence-corrected chi connectivity index (χ0v) is 19.4. The summed E-state index contributed by atoms with van der Waals surface area (Å²) in [5.74, 6) is 0.266. The van der Waals surface area contributed by atoms with Gasteiger partial charge in [0.2, 0.25) is 5.91 Å². The lowest BCUT2D eigenvalue weighted by Gasteiger charge is -2.27. The number of amides is 1. The molecule has 0 bridgehead atoms. The minimum Gasteiger partial charge on any atom is -0.358 e. The molecule has 1 N–H and O–H groups in total. The van der Waals surface area contributed by atoms with Gasteiger partial charge in [0.1, 0.15) is 12.6 Å². The summed E-state index contributed by atoms with van der Waals surface area (Å²) in [6, 6.07) is 16.5. The number of nitriles is 1. The number of anilines is 1. The lowest BCUT2D eigenvalue weighted by Crippen LogP contribution is -2.43. The first-order chi connectivity index (χ1) is 15.5. The van der Waals surface area contributed by atoms with Crippen LogP contribution in [-0.2, 0) is 11.2 Å². The number of nitrogens with one attached hydrogen (secondary N) is 1. The number of hydrogen-bond donors (Lipinski definition) is 1. The van der Waals surface area contributed by atoms with E-state index in [1.54, 1.807) is 0 Å². The Bertz CT molecular complexity index is 978. The lowest BCUT2D eigenvalue weighted by molar-refractivity contribution is -0.122. The molecule has 2 aromatic rings. The maximum absolute atomic E-state index is 12.6. The van der Waals surface area contributed by atoms with E-state index in [1.165, 1.54) is 31.5 Å². The van der Waals surface area contributed by atoms with Gasteiger partial charge in [-0.3, -0.25) is 4.79 Å². The highest BCUT2D eigenvalue weighted by Gasteiger charge is 2.35. The monoisotopic (exact) mass is 450 g/mol. The molecule has 1 amide bonds. The molecule has 0 saturated carbocycles. The van der Waals surface area contributed by atoms with E-state index in [9.17, 15) is 4.79 Å². The lowest BCUT2D eigenvalue weighted by atomic mass is 10.0. The van der Waals surface area contributed by atoms with E-state index < -0.39 is 0 Å². The molecule has 2 heterocycles. The molecule has 0 spiro atoms. The van der Waals surface area contributed by atoms with Gasteiger partial charge in [-0.2, -0.15) is 5.26 Å². The van der Waals surface area contributed by atoms with Gasteiger partial charge in [0, 0.05) is 13.1 Å². The number of hydrogen-bond acceptors (Lipinski definition) is 4. The molecule has 168 valence electrons. The number of halogens is 1. The predicted octanol–water partition coefficient (Wildman–Crippen LogP) is 4.50. The largest absolute Gasteiger partial charge is 0.358 e. The summed E-state index contributed by atoms with van der Waals surface area (Å²) < 4.78 is 0. The molecule has 2 atom stereocenters. The Labute approximate surface area is 196 Å². The third-order valence-corrected chi connectivity index (χ3v) is 6.93. The van der Waals surface area contributed by atoms with Crippen LogP contribution in [0.1, 0.15) is 31.7 Å². The van der Waals surface area contributed by atoms with E-state index >= 15 is 0 Å². The highest BCUT2D eigenvalue weighted by molar-refractivity contribution is 6.33. The van der Waals surface area contributed by atoms with E-state index in [2.05, 4.69) is 52.4 Å². The Morgan fingerprint density at radius 1 is 1.16 bits per heavy atom. The van der Waals surface area contributed by atoms with Crippen molar-refractivity contribution in [3.63, 3.8) is 0 Å². The number of carbonyl (C=O) groups is 1. The molecule has 0 aliphatic carbocycles. The Kier molecular flexibility index (Phi) is 7.34. The molecule has 2 aliphatic rings. The van der Waals surface area contributed by atoms with Crippen molar-refractivity contribution in [2.75, 3.05) is 37.6 Å². The fourth-order valence-electron chi connectivity index (χ4n) is 4.87. The van der Waals surface area contributed by atoms with Crippen LogP contribution in [0.2, 0.25) is 5.02 Å². The van der Waals surface area contributed by atoms with Crippen LogP contribution in [0.15, 0.2) is 42.5 Å². The summed E-state index contributed by atoms with van der Waals surface area (Å²) in [6.45, 7) is 6.53. The third kappa shape index (κ3) is 5.26. The molecule has 32 heavy (non-hydrogen) atoms. The summed E-state index contributed by atoms with van der Waals surface area (Å²) >= 11 is 6.58. The second-order valence-electron chi connectivity index (χ2n) is 9.05. The summed E-state index contributed by atoms with van der Waals surface area (Å²) in [4.78, 5) is 17.3. The summed E-state index contributed by atoms with van der Waals surface area (Å²) in [7, 11) is 0. The van der Waals surface area contributed by atoms with Gasteiger partial charge in [-0.15, -0.1) is 0 Å². The standard InChI is InChI=1S/C26H31ClN4O/c1-19-16-25(26(32)29-12-11-28)31(18-19)24-17-22(8-9-23(24)27)21-6-4-20(5-7-21)10-15-30-13-2-3-14-30/h4-9,17,19,25H,2-3,10,12-16,18H2,1H3,(H,29,32)/t19?,25-/m0/s1. The fraction of sp³-hybridized carbons (Fsp3) is 0.462. The second-order valence-corrected chi connectivity index (χ2v) is 9.45. The van der Waals surface area contributed by atoms with Crippen LogP contribution in [0.4, 0.5) is 5.69 Å². The molecule has 1 unspecified atom stereocenters. The molecule has 2 aliphatic heterocycles. The number of carbonyl (C=O) groups excluding carboxylic acids is 1. The molecule has 2 fully saturated rings. The number of likely N-dealkylation sites (tertiary alicyclic amines) is 1.